The normalized spacial score (nSPS) is 10.9. The molecule has 0 spiro atoms. The number of para-hydroxylation sites is 1. The van der Waals surface area contributed by atoms with Gasteiger partial charge in [-0.05, 0) is 32.0 Å². The number of amides is 1. The molecule has 0 unspecified atom stereocenters. The van der Waals surface area contributed by atoms with Crippen LogP contribution in [0.25, 0.3) is 10.9 Å². The number of aryl methyl sites for hydroxylation is 3. The smallest absolute Gasteiger partial charge is 0.268 e. The molecule has 112 valence electrons. The topological polar surface area (TPSA) is 59.8 Å². The maximum Gasteiger partial charge on any atom is 0.268 e. The van der Waals surface area contributed by atoms with Gasteiger partial charge in [-0.1, -0.05) is 18.2 Å². The van der Waals surface area contributed by atoms with Gasteiger partial charge in [0, 0.05) is 23.6 Å². The Kier molecular flexibility index (Phi) is 3.63. The number of carbonyl (C=O) groups excluding carboxylic acids is 1. The summed E-state index contributed by atoms with van der Waals surface area (Å²) in [6.45, 7) is 4.16. The van der Waals surface area contributed by atoms with Crippen LogP contribution in [-0.4, -0.2) is 20.4 Å². The molecule has 5 nitrogen and oxygen atoms in total. The van der Waals surface area contributed by atoms with Crippen molar-refractivity contribution in [2.45, 2.75) is 20.4 Å². The minimum absolute atomic E-state index is 0.104. The van der Waals surface area contributed by atoms with Crippen LogP contribution in [0.15, 0.2) is 36.4 Å². The molecule has 1 amide bonds. The fourth-order valence-corrected chi connectivity index (χ4v) is 2.65. The number of nitrogens with one attached hydrogen (secondary N) is 1. The Balaban J connectivity index is 1.80. The highest BCUT2D eigenvalue weighted by molar-refractivity contribution is 5.98. The Morgan fingerprint density at radius 1 is 1.18 bits per heavy atom. The van der Waals surface area contributed by atoms with E-state index in [-0.39, 0.29) is 5.91 Å². The van der Waals surface area contributed by atoms with Gasteiger partial charge in [0.1, 0.15) is 11.5 Å². The van der Waals surface area contributed by atoms with Crippen molar-refractivity contribution >= 4 is 16.8 Å². The van der Waals surface area contributed by atoms with Crippen molar-refractivity contribution < 1.29 is 4.79 Å². The summed E-state index contributed by atoms with van der Waals surface area (Å²) in [5, 5.41) is 3.98. The van der Waals surface area contributed by atoms with Crippen LogP contribution in [0.5, 0.6) is 0 Å². The molecular formula is C17H18N4O. The van der Waals surface area contributed by atoms with Gasteiger partial charge in [0.2, 0.25) is 0 Å². The third-order valence-corrected chi connectivity index (χ3v) is 3.63. The summed E-state index contributed by atoms with van der Waals surface area (Å²) in [6.07, 6.45) is 0. The van der Waals surface area contributed by atoms with Crippen molar-refractivity contribution in [2.24, 2.45) is 7.05 Å². The first-order chi connectivity index (χ1) is 10.5. The summed E-state index contributed by atoms with van der Waals surface area (Å²) in [6, 6.07) is 11.7. The van der Waals surface area contributed by atoms with Crippen LogP contribution in [0.1, 0.15) is 27.7 Å². The van der Waals surface area contributed by atoms with Crippen molar-refractivity contribution in [3.63, 3.8) is 0 Å². The molecule has 3 aromatic rings. The van der Waals surface area contributed by atoms with Crippen LogP contribution < -0.4 is 5.32 Å². The highest BCUT2D eigenvalue weighted by atomic mass is 16.1. The van der Waals surface area contributed by atoms with Crippen molar-refractivity contribution in [3.05, 3.63) is 59.3 Å². The van der Waals surface area contributed by atoms with E-state index in [2.05, 4.69) is 15.3 Å². The molecule has 2 heterocycles. The Bertz CT molecular complexity index is 831. The second kappa shape index (κ2) is 5.60. The first kappa shape index (κ1) is 14.3. The quantitative estimate of drug-likeness (QED) is 0.807. The third-order valence-electron chi connectivity index (χ3n) is 3.63. The molecule has 0 atom stereocenters. The number of benzene rings is 1. The molecule has 0 aliphatic heterocycles. The number of carbonyl (C=O) groups is 1. The molecule has 0 aliphatic rings. The monoisotopic (exact) mass is 294 g/mol. The van der Waals surface area contributed by atoms with Crippen LogP contribution in [0.4, 0.5) is 0 Å². The molecule has 0 fully saturated rings. The first-order valence-electron chi connectivity index (χ1n) is 7.18. The number of rotatable bonds is 3. The molecule has 3 rings (SSSR count). The van der Waals surface area contributed by atoms with E-state index in [9.17, 15) is 4.79 Å². The van der Waals surface area contributed by atoms with Gasteiger partial charge in [-0.2, -0.15) is 0 Å². The van der Waals surface area contributed by atoms with E-state index in [4.69, 9.17) is 0 Å². The number of nitrogens with zero attached hydrogens (tertiary/aromatic N) is 3. The van der Waals surface area contributed by atoms with Crippen LogP contribution in [-0.2, 0) is 13.6 Å². The van der Waals surface area contributed by atoms with E-state index in [1.807, 2.05) is 61.9 Å². The Hall–Kier alpha value is -2.69. The predicted octanol–water partition coefficient (Wildman–Crippen LogP) is 2.52. The predicted molar refractivity (Wildman–Crippen MR) is 85.6 cm³/mol. The third kappa shape index (κ3) is 2.70. The fourth-order valence-electron chi connectivity index (χ4n) is 2.65. The lowest BCUT2D eigenvalue weighted by Crippen LogP contribution is -2.25. The Morgan fingerprint density at radius 3 is 2.68 bits per heavy atom. The van der Waals surface area contributed by atoms with Gasteiger partial charge < -0.3 is 9.88 Å². The number of hydrogen-bond acceptors (Lipinski definition) is 3. The minimum Gasteiger partial charge on any atom is -0.345 e. The summed E-state index contributed by atoms with van der Waals surface area (Å²) in [5.41, 5.74) is 3.41. The van der Waals surface area contributed by atoms with Crippen molar-refractivity contribution in [3.8, 4) is 0 Å². The maximum absolute atomic E-state index is 12.4. The molecule has 0 bridgehead atoms. The first-order valence-corrected chi connectivity index (χ1v) is 7.18. The molecule has 0 saturated heterocycles. The zero-order valence-electron chi connectivity index (χ0n) is 12.9. The van der Waals surface area contributed by atoms with E-state index in [1.165, 1.54) is 0 Å². The molecule has 0 saturated carbocycles. The highest BCUT2D eigenvalue weighted by Gasteiger charge is 2.13. The average Bonchev–Trinajstić information content (AvgIpc) is 2.82. The second-order valence-corrected chi connectivity index (χ2v) is 5.38. The van der Waals surface area contributed by atoms with E-state index in [0.29, 0.717) is 18.1 Å². The molecule has 0 radical (unpaired) electrons. The van der Waals surface area contributed by atoms with Gasteiger partial charge in [0.25, 0.3) is 5.91 Å². The number of aromatic nitrogens is 3. The van der Waals surface area contributed by atoms with Gasteiger partial charge in [-0.15, -0.1) is 0 Å². The van der Waals surface area contributed by atoms with Crippen LogP contribution in [0.2, 0.25) is 0 Å². The van der Waals surface area contributed by atoms with Crippen molar-refractivity contribution in [2.75, 3.05) is 0 Å². The summed E-state index contributed by atoms with van der Waals surface area (Å²) < 4.78 is 1.90. The summed E-state index contributed by atoms with van der Waals surface area (Å²) >= 11 is 0. The Labute approximate surface area is 129 Å². The fraction of sp³-hybridized carbons (Fsp3) is 0.235. The lowest BCUT2D eigenvalue weighted by atomic mass is 10.2. The van der Waals surface area contributed by atoms with E-state index < -0.39 is 0 Å². The van der Waals surface area contributed by atoms with Gasteiger partial charge in [-0.25, -0.2) is 9.97 Å². The zero-order valence-corrected chi connectivity index (χ0v) is 12.9. The summed E-state index contributed by atoms with van der Waals surface area (Å²) in [4.78, 5) is 21.0. The number of fused-ring (bicyclic) bond motifs is 1. The lowest BCUT2D eigenvalue weighted by Gasteiger charge is -2.07. The van der Waals surface area contributed by atoms with Gasteiger partial charge in [0.05, 0.1) is 12.2 Å². The molecule has 22 heavy (non-hydrogen) atoms. The molecule has 5 heteroatoms. The maximum atomic E-state index is 12.4. The van der Waals surface area contributed by atoms with E-state index in [0.717, 1.165) is 22.3 Å². The van der Waals surface area contributed by atoms with Gasteiger partial charge in [0.15, 0.2) is 0 Å². The average molecular weight is 294 g/mol. The Morgan fingerprint density at radius 2 is 1.95 bits per heavy atom. The van der Waals surface area contributed by atoms with E-state index >= 15 is 0 Å². The standard InChI is InChI=1S/C17H18N4O/c1-11-8-14(20-12(2)19-11)10-18-17(22)16-9-13-6-4-5-7-15(13)21(16)3/h4-9H,10H2,1-3H3,(H,18,22). The SMILES string of the molecule is Cc1cc(CNC(=O)c2cc3ccccc3n2C)nc(C)n1. The zero-order chi connectivity index (χ0) is 15.7. The summed E-state index contributed by atoms with van der Waals surface area (Å²) in [7, 11) is 1.90. The lowest BCUT2D eigenvalue weighted by molar-refractivity contribution is 0.0942. The summed E-state index contributed by atoms with van der Waals surface area (Å²) in [5.74, 6) is 0.612. The molecule has 0 aliphatic carbocycles. The second-order valence-electron chi connectivity index (χ2n) is 5.38. The van der Waals surface area contributed by atoms with Gasteiger partial charge >= 0.3 is 0 Å². The molecular weight excluding hydrogens is 276 g/mol. The highest BCUT2D eigenvalue weighted by Crippen LogP contribution is 2.18. The largest absolute Gasteiger partial charge is 0.345 e. The van der Waals surface area contributed by atoms with Crippen LogP contribution >= 0.6 is 0 Å². The molecule has 1 aromatic carbocycles. The van der Waals surface area contributed by atoms with Crippen molar-refractivity contribution in [1.29, 1.82) is 0 Å². The molecule has 2 aromatic heterocycles. The number of hydrogen-bond donors (Lipinski definition) is 1. The van der Waals surface area contributed by atoms with Gasteiger partial charge in [-0.3, -0.25) is 4.79 Å². The van der Waals surface area contributed by atoms with Crippen molar-refractivity contribution in [1.82, 2.24) is 19.9 Å². The van der Waals surface area contributed by atoms with Crippen LogP contribution in [0, 0.1) is 13.8 Å². The molecule has 1 N–H and O–H groups in total. The van der Waals surface area contributed by atoms with E-state index in [1.54, 1.807) is 0 Å². The minimum atomic E-state index is -0.104. The van der Waals surface area contributed by atoms with Crippen LogP contribution in [0.3, 0.4) is 0 Å².